The van der Waals surface area contributed by atoms with E-state index in [0.29, 0.717) is 5.56 Å². The van der Waals surface area contributed by atoms with Crippen molar-refractivity contribution in [2.45, 2.75) is 6.92 Å². The molecule has 2 rings (SSSR count). The fourth-order valence-corrected chi connectivity index (χ4v) is 1.61. The number of nitrogens with zero attached hydrogens (tertiary/aromatic N) is 2. The molecule has 0 fully saturated rings. The molecule has 0 aliphatic heterocycles. The highest BCUT2D eigenvalue weighted by Crippen LogP contribution is 2.20. The molecule has 0 aliphatic rings. The van der Waals surface area contributed by atoms with Gasteiger partial charge in [-0.3, -0.25) is 14.8 Å². The van der Waals surface area contributed by atoms with Gasteiger partial charge in [0, 0.05) is 29.7 Å². The van der Waals surface area contributed by atoms with E-state index in [9.17, 15) is 4.79 Å². The molecule has 2 aromatic heterocycles. The summed E-state index contributed by atoms with van der Waals surface area (Å²) in [6.45, 7) is 5.23. The Kier molecular flexibility index (Phi) is 3.10. The van der Waals surface area contributed by atoms with E-state index in [-0.39, 0.29) is 5.78 Å². The van der Waals surface area contributed by atoms with E-state index in [1.54, 1.807) is 24.7 Å². The van der Waals surface area contributed by atoms with E-state index >= 15 is 0 Å². The molecular weight excluding hydrogens is 212 g/mol. The maximum absolute atomic E-state index is 11.4. The summed E-state index contributed by atoms with van der Waals surface area (Å²) in [5.74, 6) is -0.00913. The average Bonchev–Trinajstić information content (AvgIpc) is 2.39. The van der Waals surface area contributed by atoms with E-state index in [4.69, 9.17) is 0 Å². The predicted octanol–water partition coefficient (Wildman–Crippen LogP) is 2.99. The maximum Gasteiger partial charge on any atom is 0.161 e. The summed E-state index contributed by atoms with van der Waals surface area (Å²) >= 11 is 0. The Morgan fingerprint density at radius 3 is 2.82 bits per heavy atom. The Labute approximate surface area is 99.9 Å². The molecule has 0 amide bonds. The van der Waals surface area contributed by atoms with Crippen molar-refractivity contribution in [2.75, 3.05) is 0 Å². The monoisotopic (exact) mass is 224 g/mol. The zero-order valence-corrected chi connectivity index (χ0v) is 9.55. The van der Waals surface area contributed by atoms with Crippen molar-refractivity contribution in [2.24, 2.45) is 0 Å². The number of ketones is 1. The SMILES string of the molecule is C=Cc1cc(-c2cccnc2)ncc1C(C)=O. The number of aromatic nitrogens is 2. The van der Waals surface area contributed by atoms with Crippen LogP contribution in [0.2, 0.25) is 0 Å². The fourth-order valence-electron chi connectivity index (χ4n) is 1.61. The van der Waals surface area contributed by atoms with E-state index < -0.39 is 0 Å². The lowest BCUT2D eigenvalue weighted by Crippen LogP contribution is -1.98. The van der Waals surface area contributed by atoms with Crippen molar-refractivity contribution in [3.63, 3.8) is 0 Å². The lowest BCUT2D eigenvalue weighted by Gasteiger charge is -2.05. The van der Waals surface area contributed by atoms with E-state index in [1.165, 1.54) is 6.92 Å². The summed E-state index contributed by atoms with van der Waals surface area (Å²) in [4.78, 5) is 19.7. The predicted molar refractivity (Wildman–Crippen MR) is 67.6 cm³/mol. The molecule has 0 atom stereocenters. The van der Waals surface area contributed by atoms with Gasteiger partial charge in [-0.1, -0.05) is 12.7 Å². The highest BCUT2D eigenvalue weighted by Gasteiger charge is 2.07. The van der Waals surface area contributed by atoms with E-state index in [0.717, 1.165) is 16.8 Å². The highest BCUT2D eigenvalue weighted by atomic mass is 16.1. The minimum Gasteiger partial charge on any atom is -0.294 e. The zero-order valence-electron chi connectivity index (χ0n) is 9.55. The van der Waals surface area contributed by atoms with Crippen LogP contribution in [-0.2, 0) is 0 Å². The van der Waals surface area contributed by atoms with Crippen LogP contribution in [0.4, 0.5) is 0 Å². The van der Waals surface area contributed by atoms with Gasteiger partial charge in [-0.2, -0.15) is 0 Å². The first-order chi connectivity index (χ1) is 8.22. The standard InChI is InChI=1S/C14H12N2O/c1-3-11-7-14(12-5-4-6-15-8-12)16-9-13(11)10(2)17/h3-9H,1H2,2H3. The molecule has 3 heteroatoms. The second kappa shape index (κ2) is 4.70. The molecule has 2 heterocycles. The number of rotatable bonds is 3. The van der Waals surface area contributed by atoms with Gasteiger partial charge in [0.2, 0.25) is 0 Å². The van der Waals surface area contributed by atoms with Crippen molar-refractivity contribution in [1.29, 1.82) is 0 Å². The van der Waals surface area contributed by atoms with Gasteiger partial charge < -0.3 is 0 Å². The number of hydrogen-bond donors (Lipinski definition) is 0. The van der Waals surface area contributed by atoms with Crippen molar-refractivity contribution < 1.29 is 4.79 Å². The molecule has 0 saturated heterocycles. The number of carbonyl (C=O) groups excluding carboxylic acids is 1. The van der Waals surface area contributed by atoms with Crippen LogP contribution in [0.15, 0.2) is 43.4 Å². The average molecular weight is 224 g/mol. The largest absolute Gasteiger partial charge is 0.294 e. The molecule has 0 N–H and O–H groups in total. The van der Waals surface area contributed by atoms with Crippen molar-refractivity contribution >= 4 is 11.9 Å². The van der Waals surface area contributed by atoms with Crippen LogP contribution >= 0.6 is 0 Å². The van der Waals surface area contributed by atoms with Gasteiger partial charge in [0.1, 0.15) is 0 Å². The van der Waals surface area contributed by atoms with E-state index in [2.05, 4.69) is 16.5 Å². The van der Waals surface area contributed by atoms with Crippen LogP contribution in [-0.4, -0.2) is 15.8 Å². The van der Waals surface area contributed by atoms with Gasteiger partial charge >= 0.3 is 0 Å². The molecule has 0 spiro atoms. The molecule has 84 valence electrons. The Morgan fingerprint density at radius 1 is 1.41 bits per heavy atom. The summed E-state index contributed by atoms with van der Waals surface area (Å²) in [5, 5.41) is 0. The minimum atomic E-state index is -0.00913. The quantitative estimate of drug-likeness (QED) is 0.753. The van der Waals surface area contributed by atoms with Crippen molar-refractivity contribution in [3.8, 4) is 11.3 Å². The Bertz CT molecular complexity index is 562. The molecular formula is C14H12N2O. The van der Waals surface area contributed by atoms with Gasteiger partial charge in [0.25, 0.3) is 0 Å². The van der Waals surface area contributed by atoms with Crippen LogP contribution in [0.25, 0.3) is 17.3 Å². The highest BCUT2D eigenvalue weighted by molar-refractivity contribution is 5.97. The first kappa shape index (κ1) is 11.2. The van der Waals surface area contributed by atoms with Gasteiger partial charge in [-0.15, -0.1) is 0 Å². The summed E-state index contributed by atoms with van der Waals surface area (Å²) in [5.41, 5.74) is 3.10. The van der Waals surface area contributed by atoms with Gasteiger partial charge in [-0.05, 0) is 30.7 Å². The number of Topliss-reactive ketones (excluding diaryl/α,β-unsaturated/α-hetero) is 1. The normalized spacial score (nSPS) is 9.94. The third-order valence-electron chi connectivity index (χ3n) is 2.49. The summed E-state index contributed by atoms with van der Waals surface area (Å²) in [7, 11) is 0. The Balaban J connectivity index is 2.53. The second-order valence-electron chi connectivity index (χ2n) is 3.66. The number of hydrogen-bond acceptors (Lipinski definition) is 3. The van der Waals surface area contributed by atoms with Crippen LogP contribution < -0.4 is 0 Å². The van der Waals surface area contributed by atoms with Crippen molar-refractivity contribution in [3.05, 3.63) is 54.5 Å². The molecule has 0 bridgehead atoms. The molecule has 0 radical (unpaired) electrons. The third-order valence-corrected chi connectivity index (χ3v) is 2.49. The van der Waals surface area contributed by atoms with Gasteiger partial charge in [-0.25, -0.2) is 0 Å². The molecule has 0 aromatic carbocycles. The number of pyridine rings is 2. The van der Waals surface area contributed by atoms with Crippen molar-refractivity contribution in [1.82, 2.24) is 9.97 Å². The smallest absolute Gasteiger partial charge is 0.161 e. The topological polar surface area (TPSA) is 42.9 Å². The molecule has 0 unspecified atom stereocenters. The molecule has 17 heavy (non-hydrogen) atoms. The van der Waals surface area contributed by atoms with Crippen LogP contribution in [0, 0.1) is 0 Å². The zero-order chi connectivity index (χ0) is 12.3. The fraction of sp³-hybridized carbons (Fsp3) is 0.0714. The summed E-state index contributed by atoms with van der Waals surface area (Å²) < 4.78 is 0. The lowest BCUT2D eigenvalue weighted by atomic mass is 10.0. The second-order valence-corrected chi connectivity index (χ2v) is 3.66. The van der Waals surface area contributed by atoms with Crippen LogP contribution in [0.5, 0.6) is 0 Å². The molecule has 3 nitrogen and oxygen atoms in total. The molecule has 0 aliphatic carbocycles. The maximum atomic E-state index is 11.4. The lowest BCUT2D eigenvalue weighted by molar-refractivity contribution is 0.101. The van der Waals surface area contributed by atoms with Crippen LogP contribution in [0.3, 0.4) is 0 Å². The minimum absolute atomic E-state index is 0.00913. The first-order valence-electron chi connectivity index (χ1n) is 5.26. The van der Waals surface area contributed by atoms with Gasteiger partial charge in [0.15, 0.2) is 5.78 Å². The molecule has 2 aromatic rings. The first-order valence-corrected chi connectivity index (χ1v) is 5.26. The van der Waals surface area contributed by atoms with Gasteiger partial charge in [0.05, 0.1) is 5.69 Å². The number of carbonyl (C=O) groups is 1. The summed E-state index contributed by atoms with van der Waals surface area (Å²) in [6.07, 6.45) is 6.70. The third kappa shape index (κ3) is 2.28. The Hall–Kier alpha value is -2.29. The van der Waals surface area contributed by atoms with Crippen LogP contribution in [0.1, 0.15) is 22.8 Å². The molecule has 0 saturated carbocycles. The summed E-state index contributed by atoms with van der Waals surface area (Å²) in [6, 6.07) is 5.62. The Morgan fingerprint density at radius 2 is 2.24 bits per heavy atom. The van der Waals surface area contributed by atoms with E-state index in [1.807, 2.05) is 18.2 Å².